The summed E-state index contributed by atoms with van der Waals surface area (Å²) in [7, 11) is 0. The van der Waals surface area contributed by atoms with Crippen molar-refractivity contribution in [3.05, 3.63) is 47.6 Å². The van der Waals surface area contributed by atoms with Gasteiger partial charge in [0.15, 0.2) is 5.78 Å². The van der Waals surface area contributed by atoms with E-state index in [0.717, 1.165) is 12.8 Å². The molecule has 1 aromatic rings. The summed E-state index contributed by atoms with van der Waals surface area (Å²) in [5.74, 6) is -3.48. The van der Waals surface area contributed by atoms with Crippen LogP contribution in [0.15, 0.2) is 42.0 Å². The van der Waals surface area contributed by atoms with Crippen molar-refractivity contribution in [3.63, 3.8) is 0 Å². The molecule has 16 atom stereocenters. The van der Waals surface area contributed by atoms with E-state index < -0.39 is 69.8 Å². The lowest BCUT2D eigenvalue weighted by Crippen LogP contribution is -2.68. The van der Waals surface area contributed by atoms with Gasteiger partial charge in [0.05, 0.1) is 35.6 Å². The highest BCUT2D eigenvalue weighted by Gasteiger charge is 2.80. The van der Waals surface area contributed by atoms with E-state index in [9.17, 15) is 40.5 Å². The van der Waals surface area contributed by atoms with Gasteiger partial charge in [-0.15, -0.1) is 0 Å². The number of carbonyl (C=O) groups excluding carboxylic acids is 1. The lowest BCUT2D eigenvalue weighted by Gasteiger charge is -2.62. The molecule has 7 aliphatic carbocycles. The molecular weight excluding hydrogens is 600 g/mol. The molecular formula is C38H50O9. The molecule has 0 radical (unpaired) electrons. The molecule has 256 valence electrons. The normalized spacial score (nSPS) is 56.0. The van der Waals surface area contributed by atoms with Crippen LogP contribution in [0.2, 0.25) is 0 Å². The summed E-state index contributed by atoms with van der Waals surface area (Å²) in [5.41, 5.74) is -5.16. The molecule has 0 amide bonds. The molecule has 47 heavy (non-hydrogen) atoms. The minimum Gasteiger partial charge on any atom is -0.508 e. The molecule has 1 heterocycles. The van der Waals surface area contributed by atoms with E-state index in [1.807, 2.05) is 20.8 Å². The van der Waals surface area contributed by atoms with Gasteiger partial charge in [0.25, 0.3) is 0 Å². The Kier molecular flexibility index (Phi) is 6.45. The number of phenols is 2. The number of hydrogen-bond donors (Lipinski definition) is 7. The van der Waals surface area contributed by atoms with E-state index >= 15 is 0 Å². The lowest BCUT2D eigenvalue weighted by molar-refractivity contribution is -0.235. The molecule has 7 N–H and O–H groups in total. The Hall–Kier alpha value is -2.27. The van der Waals surface area contributed by atoms with Crippen molar-refractivity contribution in [2.24, 2.45) is 45.8 Å². The molecule has 9 rings (SSSR count). The van der Waals surface area contributed by atoms with Gasteiger partial charge < -0.3 is 40.5 Å². The molecule has 2 bridgehead atoms. The summed E-state index contributed by atoms with van der Waals surface area (Å²) in [6.07, 6.45) is 5.04. The molecule has 0 unspecified atom stereocenters. The number of rotatable bonds is 1. The van der Waals surface area contributed by atoms with Crippen LogP contribution in [0.4, 0.5) is 0 Å². The number of fused-ring (bicyclic) bond motifs is 9. The van der Waals surface area contributed by atoms with Crippen LogP contribution in [0.1, 0.15) is 84.6 Å². The third-order valence-corrected chi connectivity index (χ3v) is 15.4. The minimum absolute atomic E-state index is 0.141. The van der Waals surface area contributed by atoms with E-state index in [4.69, 9.17) is 4.74 Å². The van der Waals surface area contributed by atoms with Gasteiger partial charge in [-0.3, -0.25) is 4.79 Å². The number of hydrogen-bond acceptors (Lipinski definition) is 9. The van der Waals surface area contributed by atoms with E-state index in [2.05, 4.69) is 19.1 Å². The number of allylic oxidation sites excluding steroid dienone is 2. The van der Waals surface area contributed by atoms with Gasteiger partial charge in [-0.1, -0.05) is 39.8 Å². The number of ether oxygens (including phenoxy) is 1. The first kappa shape index (κ1) is 32.0. The summed E-state index contributed by atoms with van der Waals surface area (Å²) < 4.78 is 7.01. The van der Waals surface area contributed by atoms with E-state index in [-0.39, 0.29) is 53.3 Å². The maximum atomic E-state index is 14.4. The Morgan fingerprint density at radius 1 is 0.915 bits per heavy atom. The highest BCUT2D eigenvalue weighted by atomic mass is 16.6. The topological polar surface area (TPSA) is 168 Å². The van der Waals surface area contributed by atoms with Gasteiger partial charge >= 0.3 is 0 Å². The average molecular weight is 651 g/mol. The van der Waals surface area contributed by atoms with Crippen molar-refractivity contribution in [1.29, 1.82) is 0 Å². The molecule has 1 spiro atoms. The number of aliphatic hydroxyl groups excluding tert-OH is 3. The third kappa shape index (κ3) is 3.64. The number of phenolic OH excluding ortho intramolecular Hbond substituents is 2. The van der Waals surface area contributed by atoms with Crippen molar-refractivity contribution in [3.8, 4) is 11.5 Å². The number of benzene rings is 1. The van der Waals surface area contributed by atoms with Crippen molar-refractivity contribution in [2.75, 3.05) is 0 Å². The first-order chi connectivity index (χ1) is 21.9. The first-order valence-electron chi connectivity index (χ1n) is 17.5. The van der Waals surface area contributed by atoms with Gasteiger partial charge in [-0.05, 0) is 91.0 Å². The molecule has 1 saturated heterocycles. The Balaban J connectivity index is 1.21. The number of aliphatic hydroxyl groups is 5. The Bertz CT molecular complexity index is 1580. The van der Waals surface area contributed by atoms with Gasteiger partial charge in [0, 0.05) is 41.6 Å². The molecule has 9 nitrogen and oxygen atoms in total. The molecule has 0 aromatic heterocycles. The predicted octanol–water partition coefficient (Wildman–Crippen LogP) is 3.48. The summed E-state index contributed by atoms with van der Waals surface area (Å²) >= 11 is 0. The summed E-state index contributed by atoms with van der Waals surface area (Å²) in [5, 5.41) is 80.9. The number of carbonyl (C=O) groups is 1. The maximum Gasteiger partial charge on any atom is 0.160 e. The second-order valence-electron chi connectivity index (χ2n) is 17.4. The van der Waals surface area contributed by atoms with E-state index in [1.165, 1.54) is 18.2 Å². The SMILES string of the molecule is C[C@@H]1[C@H](O)[C@@]2(O[C@H]3C[C@@]4(O)C5=CC(=O)[C@@H]6[C@H](c7cc(O)cc(O)c7)[C@@H](O)[C@@H](O)C[C@]6(C)[C@H]5CC[C@]4(C)[C@H]3[C@@]2(C)O)[C@@H]2C=C[C@@]1(C)CC2. The maximum absolute atomic E-state index is 14.4. The zero-order chi connectivity index (χ0) is 33.9. The highest BCUT2D eigenvalue weighted by molar-refractivity contribution is 5.96. The summed E-state index contributed by atoms with van der Waals surface area (Å²) in [4.78, 5) is 14.4. The predicted molar refractivity (Wildman–Crippen MR) is 171 cm³/mol. The average Bonchev–Trinajstić information content (AvgIpc) is 3.31. The molecule has 1 aliphatic heterocycles. The van der Waals surface area contributed by atoms with Gasteiger partial charge in [-0.25, -0.2) is 0 Å². The van der Waals surface area contributed by atoms with Crippen LogP contribution in [0.5, 0.6) is 11.5 Å². The molecule has 8 aliphatic rings. The zero-order valence-corrected chi connectivity index (χ0v) is 27.9. The van der Waals surface area contributed by atoms with E-state index in [0.29, 0.717) is 24.0 Å². The van der Waals surface area contributed by atoms with Gasteiger partial charge in [0.1, 0.15) is 17.1 Å². The largest absolute Gasteiger partial charge is 0.508 e. The fraction of sp³-hybridized carbons (Fsp3) is 0.711. The van der Waals surface area contributed by atoms with Crippen LogP contribution in [0, 0.1) is 45.8 Å². The van der Waals surface area contributed by atoms with Crippen LogP contribution in [0.25, 0.3) is 0 Å². The Morgan fingerprint density at radius 2 is 1.60 bits per heavy atom. The van der Waals surface area contributed by atoms with Crippen LogP contribution in [0.3, 0.4) is 0 Å². The fourth-order valence-corrected chi connectivity index (χ4v) is 13.0. The van der Waals surface area contributed by atoms with Crippen LogP contribution >= 0.6 is 0 Å². The Morgan fingerprint density at radius 3 is 2.23 bits per heavy atom. The fourth-order valence-electron chi connectivity index (χ4n) is 13.0. The standard InChI is InChI=1S/C38H50O9/c1-18-32(44)38(20-6-9-33(18,2)10-7-20)36(5,45)31-27(47-38)17-37(46)24-15-25(41)29-28(19-12-21(39)14-22(40)13-19)30(43)26(42)16-34(29,3)23(24)8-11-35(31,37)4/h6,9,12-15,18,20,23,26-32,39-40,42-46H,7-8,10-11,16-17H2,1-5H3/t18-,20-,23+,26+,27+,28+,29-,30+,31+,32+,33+,34-,35-,36-,37-,38+/m1/s1. The Labute approximate surface area is 276 Å². The van der Waals surface area contributed by atoms with Crippen LogP contribution in [-0.4, -0.2) is 82.7 Å². The van der Waals surface area contributed by atoms with Crippen LogP contribution < -0.4 is 0 Å². The quantitative estimate of drug-likeness (QED) is 0.225. The van der Waals surface area contributed by atoms with Crippen molar-refractivity contribution in [2.45, 2.75) is 120 Å². The number of aromatic hydroxyl groups is 2. The zero-order valence-electron chi connectivity index (χ0n) is 27.9. The smallest absolute Gasteiger partial charge is 0.160 e. The summed E-state index contributed by atoms with van der Waals surface area (Å²) in [6, 6.07) is 4.02. The first-order valence-corrected chi connectivity index (χ1v) is 17.5. The van der Waals surface area contributed by atoms with Gasteiger partial charge in [-0.2, -0.15) is 0 Å². The number of ketones is 1. The second kappa shape index (κ2) is 9.49. The third-order valence-electron chi connectivity index (χ3n) is 15.4. The molecule has 5 fully saturated rings. The highest BCUT2D eigenvalue weighted by Crippen LogP contribution is 2.74. The summed E-state index contributed by atoms with van der Waals surface area (Å²) in [6.45, 7) is 9.95. The van der Waals surface area contributed by atoms with E-state index in [1.54, 1.807) is 13.0 Å². The van der Waals surface area contributed by atoms with Crippen molar-refractivity contribution < 1.29 is 45.3 Å². The van der Waals surface area contributed by atoms with Crippen LogP contribution in [-0.2, 0) is 9.53 Å². The molecule has 1 aromatic carbocycles. The van der Waals surface area contributed by atoms with Crippen molar-refractivity contribution >= 4 is 5.78 Å². The molecule has 4 saturated carbocycles. The lowest BCUT2D eigenvalue weighted by atomic mass is 9.43. The monoisotopic (exact) mass is 650 g/mol. The van der Waals surface area contributed by atoms with Crippen molar-refractivity contribution in [1.82, 2.24) is 0 Å². The molecule has 9 heteroatoms. The van der Waals surface area contributed by atoms with Gasteiger partial charge in [0.2, 0.25) is 0 Å². The second-order valence-corrected chi connectivity index (χ2v) is 17.4. The minimum atomic E-state index is -1.48.